The van der Waals surface area contributed by atoms with Crippen molar-refractivity contribution in [3.8, 4) is 0 Å². The van der Waals surface area contributed by atoms with Crippen LogP contribution in [-0.2, 0) is 9.63 Å². The quantitative estimate of drug-likeness (QED) is 0.557. The average Bonchev–Trinajstić information content (AvgIpc) is 2.53. The summed E-state index contributed by atoms with van der Waals surface area (Å²) in [4.78, 5) is 16.7. The molecule has 0 aromatic rings. The lowest BCUT2D eigenvalue weighted by Crippen LogP contribution is -2.27. The lowest BCUT2D eigenvalue weighted by atomic mass is 10.1. The van der Waals surface area contributed by atoms with Crippen LogP contribution in [0.2, 0.25) is 0 Å². The van der Waals surface area contributed by atoms with E-state index in [2.05, 4.69) is 0 Å². The van der Waals surface area contributed by atoms with Crippen LogP contribution in [0, 0.1) is 0 Å². The van der Waals surface area contributed by atoms with Crippen LogP contribution in [0.3, 0.4) is 0 Å². The summed E-state index contributed by atoms with van der Waals surface area (Å²) < 4.78 is 0. The molecule has 1 rings (SSSR count). The Bertz CT molecular complexity index is 211. The highest BCUT2D eigenvalue weighted by Crippen LogP contribution is 2.11. The Morgan fingerprint density at radius 2 is 2.00 bits per heavy atom. The third kappa shape index (κ3) is 1.85. The van der Waals surface area contributed by atoms with E-state index in [1.54, 1.807) is 0 Å². The maximum atomic E-state index is 11.5. The van der Waals surface area contributed by atoms with Crippen molar-refractivity contribution >= 4 is 5.91 Å². The number of amides is 1. The Kier molecular flexibility index (Phi) is 2.87. The molecule has 0 spiro atoms. The molecule has 0 saturated carbocycles. The van der Waals surface area contributed by atoms with Gasteiger partial charge in [0.25, 0.3) is 5.91 Å². The third-order valence-electron chi connectivity index (χ3n) is 2.05. The van der Waals surface area contributed by atoms with Gasteiger partial charge in [-0.1, -0.05) is 5.57 Å². The van der Waals surface area contributed by atoms with Crippen LogP contribution < -0.4 is 0 Å². The lowest BCUT2D eigenvalue weighted by molar-refractivity contribution is -0.164. The first-order valence-corrected chi connectivity index (χ1v) is 4.22. The number of carbonyl (C=O) groups is 1. The highest BCUT2D eigenvalue weighted by Gasteiger charge is 2.20. The number of hydrogen-bond donors (Lipinski definition) is 0. The molecule has 1 aliphatic heterocycles. The molecular weight excluding hydrogens is 154 g/mol. The van der Waals surface area contributed by atoms with Crippen molar-refractivity contribution in [1.29, 1.82) is 0 Å². The maximum Gasteiger partial charge on any atom is 0.272 e. The first-order chi connectivity index (χ1) is 5.63. The molecule has 1 aliphatic rings. The lowest BCUT2D eigenvalue weighted by Gasteiger charge is -2.14. The van der Waals surface area contributed by atoms with E-state index in [0.29, 0.717) is 6.61 Å². The molecule has 3 nitrogen and oxygen atoms in total. The van der Waals surface area contributed by atoms with Gasteiger partial charge in [-0.15, -0.1) is 0 Å². The first-order valence-electron chi connectivity index (χ1n) is 4.22. The third-order valence-corrected chi connectivity index (χ3v) is 2.05. The van der Waals surface area contributed by atoms with Crippen LogP contribution in [0.25, 0.3) is 0 Å². The van der Waals surface area contributed by atoms with Gasteiger partial charge in [0.2, 0.25) is 0 Å². The van der Waals surface area contributed by atoms with Gasteiger partial charge in [0, 0.05) is 5.57 Å². The molecule has 0 bridgehead atoms. The Balaban J connectivity index is 2.64. The van der Waals surface area contributed by atoms with Crippen molar-refractivity contribution in [2.75, 3.05) is 13.2 Å². The smallest absolute Gasteiger partial charge is 0.271 e. The van der Waals surface area contributed by atoms with E-state index in [-0.39, 0.29) is 5.91 Å². The minimum absolute atomic E-state index is 0.00694. The molecule has 1 fully saturated rings. The topological polar surface area (TPSA) is 29.5 Å². The second kappa shape index (κ2) is 3.72. The summed E-state index contributed by atoms with van der Waals surface area (Å²) in [7, 11) is 0. The second-order valence-corrected chi connectivity index (χ2v) is 3.22. The van der Waals surface area contributed by atoms with Gasteiger partial charge in [-0.05, 0) is 27.2 Å². The predicted molar refractivity (Wildman–Crippen MR) is 46.3 cm³/mol. The molecule has 0 aliphatic carbocycles. The van der Waals surface area contributed by atoms with Gasteiger partial charge in [0.15, 0.2) is 0 Å². The van der Waals surface area contributed by atoms with E-state index in [4.69, 9.17) is 4.84 Å². The highest BCUT2D eigenvalue weighted by molar-refractivity contribution is 5.92. The largest absolute Gasteiger partial charge is 0.272 e. The molecular formula is C9H15NO2. The van der Waals surface area contributed by atoms with Gasteiger partial charge < -0.3 is 0 Å². The van der Waals surface area contributed by atoms with Crippen molar-refractivity contribution in [2.24, 2.45) is 0 Å². The fraction of sp³-hybridized carbons (Fsp3) is 0.667. The zero-order chi connectivity index (χ0) is 9.14. The summed E-state index contributed by atoms with van der Waals surface area (Å²) in [6.07, 6.45) is 0.946. The van der Waals surface area contributed by atoms with E-state index >= 15 is 0 Å². The normalized spacial score (nSPS) is 16.4. The zero-order valence-corrected chi connectivity index (χ0v) is 7.89. The van der Waals surface area contributed by atoms with Gasteiger partial charge in [-0.3, -0.25) is 9.63 Å². The molecule has 1 heterocycles. The molecule has 0 unspecified atom stereocenters. The summed E-state index contributed by atoms with van der Waals surface area (Å²) in [6, 6.07) is 0. The van der Waals surface area contributed by atoms with Crippen molar-refractivity contribution in [2.45, 2.75) is 27.2 Å². The van der Waals surface area contributed by atoms with Crippen LogP contribution in [0.15, 0.2) is 11.1 Å². The second-order valence-electron chi connectivity index (χ2n) is 3.22. The van der Waals surface area contributed by atoms with E-state index in [9.17, 15) is 4.79 Å². The Morgan fingerprint density at radius 1 is 1.33 bits per heavy atom. The van der Waals surface area contributed by atoms with Crippen molar-refractivity contribution in [1.82, 2.24) is 5.06 Å². The number of hydrogen-bond acceptors (Lipinski definition) is 2. The summed E-state index contributed by atoms with van der Waals surface area (Å²) in [6.45, 7) is 7.09. The van der Waals surface area contributed by atoms with Gasteiger partial charge in [0.05, 0.1) is 13.2 Å². The number of hydroxylamine groups is 2. The fourth-order valence-electron chi connectivity index (χ4n) is 1.01. The number of allylic oxidation sites excluding steroid dienone is 1. The molecule has 1 saturated heterocycles. The molecule has 0 N–H and O–H groups in total. The van der Waals surface area contributed by atoms with Crippen molar-refractivity contribution in [3.05, 3.63) is 11.1 Å². The zero-order valence-electron chi connectivity index (χ0n) is 7.89. The average molecular weight is 169 g/mol. The van der Waals surface area contributed by atoms with E-state index in [1.807, 2.05) is 20.8 Å². The monoisotopic (exact) mass is 169 g/mol. The fourth-order valence-corrected chi connectivity index (χ4v) is 1.01. The summed E-state index contributed by atoms with van der Waals surface area (Å²) >= 11 is 0. The Morgan fingerprint density at radius 3 is 2.42 bits per heavy atom. The minimum atomic E-state index is 0.00694. The van der Waals surface area contributed by atoms with E-state index < -0.39 is 0 Å². The number of nitrogens with zero attached hydrogens (tertiary/aromatic N) is 1. The van der Waals surface area contributed by atoms with E-state index in [0.717, 1.165) is 24.1 Å². The van der Waals surface area contributed by atoms with Crippen LogP contribution in [0.1, 0.15) is 27.2 Å². The summed E-state index contributed by atoms with van der Waals surface area (Å²) in [5.41, 5.74) is 1.84. The SMILES string of the molecule is CC(C)=C(C)C(=O)N1CCCO1. The minimum Gasteiger partial charge on any atom is -0.271 e. The number of rotatable bonds is 1. The number of carbonyl (C=O) groups excluding carboxylic acids is 1. The highest BCUT2D eigenvalue weighted by atomic mass is 16.7. The van der Waals surface area contributed by atoms with Crippen LogP contribution in [0.5, 0.6) is 0 Å². The molecule has 68 valence electrons. The molecule has 0 aromatic heterocycles. The molecule has 1 amide bonds. The van der Waals surface area contributed by atoms with Crippen LogP contribution in [-0.4, -0.2) is 24.1 Å². The molecule has 3 heteroatoms. The van der Waals surface area contributed by atoms with E-state index in [1.165, 1.54) is 5.06 Å². The van der Waals surface area contributed by atoms with Crippen molar-refractivity contribution in [3.63, 3.8) is 0 Å². The van der Waals surface area contributed by atoms with Gasteiger partial charge in [-0.25, -0.2) is 5.06 Å². The van der Waals surface area contributed by atoms with Gasteiger partial charge >= 0.3 is 0 Å². The molecule has 0 aromatic carbocycles. The Labute approximate surface area is 73.0 Å². The van der Waals surface area contributed by atoms with Crippen molar-refractivity contribution < 1.29 is 9.63 Å². The predicted octanol–water partition coefficient (Wildman–Crippen LogP) is 1.51. The van der Waals surface area contributed by atoms with Gasteiger partial charge in [-0.2, -0.15) is 0 Å². The summed E-state index contributed by atoms with van der Waals surface area (Å²) in [5, 5.41) is 1.45. The molecule has 0 radical (unpaired) electrons. The first kappa shape index (κ1) is 9.26. The Hall–Kier alpha value is -0.830. The molecule has 0 atom stereocenters. The van der Waals surface area contributed by atoms with Crippen LogP contribution >= 0.6 is 0 Å². The summed E-state index contributed by atoms with van der Waals surface area (Å²) in [5.74, 6) is 0.00694. The molecule has 12 heavy (non-hydrogen) atoms. The standard InChI is InChI=1S/C9H15NO2/c1-7(2)8(3)9(11)10-5-4-6-12-10/h4-6H2,1-3H3. The van der Waals surface area contributed by atoms with Gasteiger partial charge in [0.1, 0.15) is 0 Å². The maximum absolute atomic E-state index is 11.5. The van der Waals surface area contributed by atoms with Crippen LogP contribution in [0.4, 0.5) is 0 Å².